The molecule has 0 bridgehead atoms. The Morgan fingerprint density at radius 2 is 1.87 bits per heavy atom. The van der Waals surface area contributed by atoms with Crippen LogP contribution in [0.5, 0.6) is 5.75 Å². The zero-order chi connectivity index (χ0) is 21.9. The van der Waals surface area contributed by atoms with Gasteiger partial charge in [-0.25, -0.2) is 0 Å². The molecule has 2 aliphatic rings. The summed E-state index contributed by atoms with van der Waals surface area (Å²) in [6, 6.07) is 8.12. The lowest BCUT2D eigenvalue weighted by atomic mass is 9.76. The highest BCUT2D eigenvalue weighted by molar-refractivity contribution is 5.77. The standard InChI is InChI=1S/C25H38N2O3/c1-18(2)17-26-22(28)14-19-15-25(30-21-9-7-6-8-20(19)21)10-12-27(13-11-25)23(29)16-24(3,4)5/h6-9,18-19H,10-17H2,1-5H3,(H,26,28)/t19-/m0/s1. The van der Waals surface area contributed by atoms with Crippen LogP contribution in [0.15, 0.2) is 24.3 Å². The van der Waals surface area contributed by atoms with Crippen LogP contribution >= 0.6 is 0 Å². The molecule has 5 nitrogen and oxygen atoms in total. The van der Waals surface area contributed by atoms with Gasteiger partial charge in [-0.05, 0) is 29.4 Å². The average Bonchev–Trinajstić information content (AvgIpc) is 2.65. The second kappa shape index (κ2) is 8.99. The quantitative estimate of drug-likeness (QED) is 0.771. The lowest BCUT2D eigenvalue weighted by Crippen LogP contribution is -2.52. The van der Waals surface area contributed by atoms with Gasteiger partial charge in [-0.2, -0.15) is 0 Å². The number of nitrogens with zero attached hydrogens (tertiary/aromatic N) is 1. The highest BCUT2D eigenvalue weighted by Crippen LogP contribution is 2.46. The van der Waals surface area contributed by atoms with Crippen LogP contribution in [-0.2, 0) is 9.59 Å². The first kappa shape index (κ1) is 22.6. The van der Waals surface area contributed by atoms with Gasteiger partial charge in [0.05, 0.1) is 0 Å². The molecule has 2 amide bonds. The molecule has 1 N–H and O–H groups in total. The Morgan fingerprint density at radius 1 is 1.20 bits per heavy atom. The number of likely N-dealkylation sites (tertiary alicyclic amines) is 1. The van der Waals surface area contributed by atoms with Crippen LogP contribution in [0, 0.1) is 11.3 Å². The molecule has 1 atom stereocenters. The van der Waals surface area contributed by atoms with Gasteiger partial charge in [0.2, 0.25) is 11.8 Å². The summed E-state index contributed by atoms with van der Waals surface area (Å²) >= 11 is 0. The largest absolute Gasteiger partial charge is 0.487 e. The molecule has 3 rings (SSSR count). The van der Waals surface area contributed by atoms with E-state index < -0.39 is 0 Å². The van der Waals surface area contributed by atoms with Crippen molar-refractivity contribution < 1.29 is 14.3 Å². The van der Waals surface area contributed by atoms with E-state index in [0.29, 0.717) is 25.3 Å². The molecule has 166 valence electrons. The van der Waals surface area contributed by atoms with E-state index in [1.165, 1.54) is 0 Å². The fourth-order valence-electron chi connectivity index (χ4n) is 4.58. The Morgan fingerprint density at radius 3 is 2.50 bits per heavy atom. The van der Waals surface area contributed by atoms with Gasteiger partial charge in [-0.1, -0.05) is 52.8 Å². The van der Waals surface area contributed by atoms with Crippen LogP contribution in [0.1, 0.15) is 78.2 Å². The molecule has 1 saturated heterocycles. The van der Waals surface area contributed by atoms with Crippen molar-refractivity contribution in [1.29, 1.82) is 0 Å². The fraction of sp³-hybridized carbons (Fsp3) is 0.680. The van der Waals surface area contributed by atoms with E-state index in [1.54, 1.807) is 0 Å². The van der Waals surface area contributed by atoms with E-state index in [9.17, 15) is 9.59 Å². The molecule has 1 fully saturated rings. The van der Waals surface area contributed by atoms with Crippen molar-refractivity contribution >= 4 is 11.8 Å². The van der Waals surface area contributed by atoms with Gasteiger partial charge >= 0.3 is 0 Å². The van der Waals surface area contributed by atoms with Crippen LogP contribution in [0.2, 0.25) is 0 Å². The van der Waals surface area contributed by atoms with Gasteiger partial charge in [0.1, 0.15) is 11.4 Å². The summed E-state index contributed by atoms with van der Waals surface area (Å²) in [5, 5.41) is 3.06. The molecule has 0 aliphatic carbocycles. The number of carbonyl (C=O) groups excluding carboxylic acids is 2. The van der Waals surface area contributed by atoms with E-state index in [2.05, 4.69) is 46.0 Å². The predicted octanol–water partition coefficient (Wildman–Crippen LogP) is 4.51. The Labute approximate surface area is 181 Å². The number of hydrogen-bond donors (Lipinski definition) is 1. The molecule has 5 heteroatoms. The van der Waals surface area contributed by atoms with Crippen molar-refractivity contribution in [2.75, 3.05) is 19.6 Å². The first-order chi connectivity index (χ1) is 14.1. The average molecular weight is 415 g/mol. The summed E-state index contributed by atoms with van der Waals surface area (Å²) in [5.74, 6) is 1.84. The van der Waals surface area contributed by atoms with Crippen LogP contribution in [-0.4, -0.2) is 41.9 Å². The van der Waals surface area contributed by atoms with Crippen molar-refractivity contribution in [1.82, 2.24) is 10.2 Å². The highest BCUT2D eigenvalue weighted by atomic mass is 16.5. The molecular weight excluding hydrogens is 376 g/mol. The zero-order valence-corrected chi connectivity index (χ0v) is 19.3. The van der Waals surface area contributed by atoms with E-state index in [-0.39, 0.29) is 28.7 Å². The number of nitrogens with one attached hydrogen (secondary N) is 1. The third-order valence-corrected chi connectivity index (χ3v) is 6.15. The van der Waals surface area contributed by atoms with Gasteiger partial charge in [-0.15, -0.1) is 0 Å². The number of carbonyl (C=O) groups is 2. The molecule has 0 aromatic heterocycles. The molecule has 1 aromatic rings. The summed E-state index contributed by atoms with van der Waals surface area (Å²) in [7, 11) is 0. The van der Waals surface area contributed by atoms with Gasteiger partial charge in [-0.3, -0.25) is 9.59 Å². The van der Waals surface area contributed by atoms with Crippen LogP contribution in [0.3, 0.4) is 0 Å². The summed E-state index contributed by atoms with van der Waals surface area (Å²) < 4.78 is 6.53. The van der Waals surface area contributed by atoms with Gasteiger partial charge in [0.15, 0.2) is 0 Å². The summed E-state index contributed by atoms with van der Waals surface area (Å²) in [5.41, 5.74) is 0.852. The minimum Gasteiger partial charge on any atom is -0.487 e. The number of para-hydroxylation sites is 1. The number of amides is 2. The first-order valence-corrected chi connectivity index (χ1v) is 11.4. The SMILES string of the molecule is CC(C)CNC(=O)C[C@H]1CC2(CCN(C(=O)CC(C)(C)C)CC2)Oc2ccccc21. The van der Waals surface area contributed by atoms with Crippen LogP contribution in [0.25, 0.3) is 0 Å². The first-order valence-electron chi connectivity index (χ1n) is 11.4. The highest BCUT2D eigenvalue weighted by Gasteiger charge is 2.44. The number of hydrogen-bond acceptors (Lipinski definition) is 3. The molecule has 0 unspecified atom stereocenters. The third-order valence-electron chi connectivity index (χ3n) is 6.15. The molecule has 30 heavy (non-hydrogen) atoms. The second-order valence-electron chi connectivity index (χ2n) is 10.7. The maximum Gasteiger partial charge on any atom is 0.223 e. The van der Waals surface area contributed by atoms with E-state index in [1.807, 2.05) is 23.1 Å². The Balaban J connectivity index is 1.69. The van der Waals surface area contributed by atoms with Crippen molar-refractivity contribution in [3.05, 3.63) is 29.8 Å². The zero-order valence-electron chi connectivity index (χ0n) is 19.3. The van der Waals surface area contributed by atoms with Crippen molar-refractivity contribution in [2.45, 2.75) is 78.2 Å². The lowest BCUT2D eigenvalue weighted by molar-refractivity contribution is -0.137. The summed E-state index contributed by atoms with van der Waals surface area (Å²) in [4.78, 5) is 27.2. The van der Waals surface area contributed by atoms with Crippen LogP contribution < -0.4 is 10.1 Å². The van der Waals surface area contributed by atoms with Crippen LogP contribution in [0.4, 0.5) is 0 Å². The smallest absolute Gasteiger partial charge is 0.223 e. The lowest BCUT2D eigenvalue weighted by Gasteiger charge is -2.47. The molecule has 1 spiro atoms. The number of rotatable bonds is 5. The molecule has 2 aliphatic heterocycles. The molecule has 1 aromatic carbocycles. The van der Waals surface area contributed by atoms with Crippen molar-refractivity contribution in [3.8, 4) is 5.75 Å². The monoisotopic (exact) mass is 414 g/mol. The topological polar surface area (TPSA) is 58.6 Å². The maximum absolute atomic E-state index is 12.7. The predicted molar refractivity (Wildman–Crippen MR) is 120 cm³/mol. The normalized spacial score (nSPS) is 20.6. The maximum atomic E-state index is 12.7. The Hall–Kier alpha value is -2.04. The number of fused-ring (bicyclic) bond motifs is 1. The van der Waals surface area contributed by atoms with Crippen molar-refractivity contribution in [2.24, 2.45) is 11.3 Å². The minimum atomic E-state index is -0.282. The molecule has 0 saturated carbocycles. The number of ether oxygens (including phenoxy) is 1. The molecule has 0 radical (unpaired) electrons. The number of benzene rings is 1. The van der Waals surface area contributed by atoms with Gasteiger partial charge in [0.25, 0.3) is 0 Å². The Bertz CT molecular complexity index is 758. The molecular formula is C25H38N2O3. The summed E-state index contributed by atoms with van der Waals surface area (Å²) in [6.45, 7) is 12.7. The summed E-state index contributed by atoms with van der Waals surface area (Å²) in [6.07, 6.45) is 3.53. The second-order valence-corrected chi connectivity index (χ2v) is 10.7. The molecule has 2 heterocycles. The van der Waals surface area contributed by atoms with E-state index in [4.69, 9.17) is 4.74 Å². The fourth-order valence-corrected chi connectivity index (χ4v) is 4.58. The van der Waals surface area contributed by atoms with Crippen molar-refractivity contribution in [3.63, 3.8) is 0 Å². The van der Waals surface area contributed by atoms with E-state index in [0.717, 1.165) is 43.7 Å². The Kier molecular flexibility index (Phi) is 6.78. The third kappa shape index (κ3) is 5.77. The van der Waals surface area contributed by atoms with Gasteiger partial charge < -0.3 is 15.0 Å². The van der Waals surface area contributed by atoms with E-state index >= 15 is 0 Å². The minimum absolute atomic E-state index is 0.000932. The number of piperidine rings is 1. The van der Waals surface area contributed by atoms with Gasteiger partial charge in [0, 0.05) is 51.2 Å².